The molecule has 0 unspecified atom stereocenters. The van der Waals surface area contributed by atoms with Crippen molar-refractivity contribution in [2.24, 2.45) is 0 Å². The number of allylic oxidation sites excluding steroid dienone is 5. The van der Waals surface area contributed by atoms with E-state index in [1.165, 1.54) is 34.1 Å². The van der Waals surface area contributed by atoms with Crippen LogP contribution >= 0.6 is 34.8 Å². The van der Waals surface area contributed by atoms with Gasteiger partial charge in [0, 0.05) is 35.6 Å². The lowest BCUT2D eigenvalue weighted by molar-refractivity contribution is -0.121. The third-order valence-corrected chi connectivity index (χ3v) is 10.3. The second-order valence-corrected chi connectivity index (χ2v) is 14.7. The van der Waals surface area contributed by atoms with Crippen LogP contribution in [0.4, 0.5) is 22.7 Å². The van der Waals surface area contributed by atoms with Crippen LogP contribution in [0.5, 0.6) is 0 Å². The molecule has 2 heterocycles. The molecule has 0 spiro atoms. The summed E-state index contributed by atoms with van der Waals surface area (Å²) in [5.41, 5.74) is 8.63. The Morgan fingerprint density at radius 1 is 1.02 bits per heavy atom. The number of carbonyl (C=O) groups excluding carboxylic acids is 3. The molecule has 0 bridgehead atoms. The average Bonchev–Trinajstić information content (AvgIpc) is 3.30. The van der Waals surface area contributed by atoms with Gasteiger partial charge in [-0.25, -0.2) is 0 Å². The molecule has 2 aliphatic rings. The zero-order valence-electron chi connectivity index (χ0n) is 27.5. The van der Waals surface area contributed by atoms with Crippen molar-refractivity contribution in [2.45, 2.75) is 30.6 Å². The second-order valence-electron chi connectivity index (χ2n) is 12.1. The quantitative estimate of drug-likeness (QED) is 0.0362. The van der Waals surface area contributed by atoms with Gasteiger partial charge >= 0.3 is 0 Å². The van der Waals surface area contributed by atoms with Gasteiger partial charge in [-0.1, -0.05) is 60.7 Å². The van der Waals surface area contributed by atoms with Gasteiger partial charge in [0.25, 0.3) is 21.9 Å². The lowest BCUT2D eigenvalue weighted by atomic mass is 9.83. The minimum Gasteiger partial charge on any atom is -0.399 e. The maximum atomic E-state index is 13.9. The SMILES string of the molecule is CC1(C)\C(=C/C=C/C=C2/C(=O)N(c3cccc(N)c3)C(=S)N(c3cccc(C#N)c3)C2=O)N(CCCNC(=O)CI)c2ccc(S(=O)(=O)O)cc21. The molecule has 3 aromatic carbocycles. The molecular formula is C36H33IN6O6S2. The molecule has 0 aromatic heterocycles. The Morgan fingerprint density at radius 2 is 1.67 bits per heavy atom. The maximum absolute atomic E-state index is 13.9. The molecule has 1 fully saturated rings. The number of nitrogens with one attached hydrogen (secondary N) is 1. The van der Waals surface area contributed by atoms with Crippen LogP contribution in [0.25, 0.3) is 0 Å². The highest BCUT2D eigenvalue weighted by molar-refractivity contribution is 14.1. The van der Waals surface area contributed by atoms with E-state index in [0.29, 0.717) is 52.1 Å². The Morgan fingerprint density at radius 3 is 2.29 bits per heavy atom. The molecule has 15 heteroatoms. The summed E-state index contributed by atoms with van der Waals surface area (Å²) >= 11 is 7.66. The highest BCUT2D eigenvalue weighted by atomic mass is 127. The van der Waals surface area contributed by atoms with E-state index < -0.39 is 27.3 Å². The number of nitrogens with zero attached hydrogens (tertiary/aromatic N) is 4. The first-order valence-electron chi connectivity index (χ1n) is 15.6. The molecule has 3 amide bonds. The van der Waals surface area contributed by atoms with Gasteiger partial charge in [-0.2, -0.15) is 13.7 Å². The molecule has 0 atom stereocenters. The van der Waals surface area contributed by atoms with Gasteiger partial charge < -0.3 is 16.0 Å². The first kappa shape index (κ1) is 37.4. The first-order valence-corrected chi connectivity index (χ1v) is 19.0. The van der Waals surface area contributed by atoms with Crippen molar-refractivity contribution in [3.05, 3.63) is 113 Å². The van der Waals surface area contributed by atoms with Gasteiger partial charge in [0.2, 0.25) is 5.91 Å². The highest BCUT2D eigenvalue weighted by Gasteiger charge is 2.42. The van der Waals surface area contributed by atoms with Gasteiger partial charge in [-0.15, -0.1) is 0 Å². The summed E-state index contributed by atoms with van der Waals surface area (Å²) < 4.78 is 34.1. The van der Waals surface area contributed by atoms with Crippen molar-refractivity contribution >= 4 is 90.5 Å². The largest absolute Gasteiger partial charge is 0.399 e. The Labute approximate surface area is 314 Å². The van der Waals surface area contributed by atoms with Gasteiger partial charge in [0.05, 0.1) is 32.3 Å². The fraction of sp³-hybridized carbons (Fsp3) is 0.194. The van der Waals surface area contributed by atoms with E-state index >= 15 is 0 Å². The number of benzene rings is 3. The van der Waals surface area contributed by atoms with Crippen molar-refractivity contribution in [3.63, 3.8) is 0 Å². The van der Waals surface area contributed by atoms with Crippen molar-refractivity contribution in [2.75, 3.05) is 38.0 Å². The number of hydrogen-bond donors (Lipinski definition) is 3. The second kappa shape index (κ2) is 15.2. The van der Waals surface area contributed by atoms with Crippen LogP contribution in [0.3, 0.4) is 0 Å². The Kier molecular flexibility index (Phi) is 11.1. The molecular weight excluding hydrogens is 803 g/mol. The van der Waals surface area contributed by atoms with Crippen LogP contribution < -0.4 is 25.8 Å². The topological polar surface area (TPSA) is 177 Å². The van der Waals surface area contributed by atoms with E-state index in [0.717, 1.165) is 11.4 Å². The number of alkyl halides is 1. The molecule has 12 nitrogen and oxygen atoms in total. The Balaban J connectivity index is 1.54. The summed E-state index contributed by atoms with van der Waals surface area (Å²) in [5, 5.41) is 12.2. The number of hydrogen-bond acceptors (Lipinski definition) is 9. The number of halogens is 1. The molecule has 1 saturated heterocycles. The number of rotatable bonds is 10. The van der Waals surface area contributed by atoms with Crippen LogP contribution in [-0.4, -0.2) is 53.3 Å². The molecule has 3 aromatic rings. The molecule has 262 valence electrons. The number of nitrogen functional groups attached to an aromatic ring is 1. The van der Waals surface area contributed by atoms with E-state index in [4.69, 9.17) is 18.0 Å². The van der Waals surface area contributed by atoms with Crippen LogP contribution in [0.1, 0.15) is 31.4 Å². The zero-order chi connectivity index (χ0) is 37.1. The monoisotopic (exact) mass is 836 g/mol. The fourth-order valence-corrected chi connectivity index (χ4v) is 7.10. The van der Waals surface area contributed by atoms with Crippen molar-refractivity contribution in [3.8, 4) is 6.07 Å². The predicted molar refractivity (Wildman–Crippen MR) is 208 cm³/mol. The fourth-order valence-electron chi connectivity index (χ4n) is 5.95. The number of nitriles is 1. The summed E-state index contributed by atoms with van der Waals surface area (Å²) in [6, 6.07) is 19.3. The smallest absolute Gasteiger partial charge is 0.294 e. The maximum Gasteiger partial charge on any atom is 0.294 e. The number of nitrogens with two attached hydrogens (primary N) is 1. The van der Waals surface area contributed by atoms with Crippen LogP contribution in [0.15, 0.2) is 107 Å². The van der Waals surface area contributed by atoms with Crippen LogP contribution in [-0.2, 0) is 29.9 Å². The van der Waals surface area contributed by atoms with Crippen LogP contribution in [0.2, 0.25) is 0 Å². The molecule has 5 rings (SSSR count). The summed E-state index contributed by atoms with van der Waals surface area (Å²) in [6.07, 6.45) is 6.99. The molecule has 2 aliphatic heterocycles. The molecule has 0 saturated carbocycles. The van der Waals surface area contributed by atoms with Crippen molar-refractivity contribution < 1.29 is 27.4 Å². The molecule has 51 heavy (non-hydrogen) atoms. The van der Waals surface area contributed by atoms with Crippen molar-refractivity contribution in [1.82, 2.24) is 5.32 Å². The van der Waals surface area contributed by atoms with Crippen molar-refractivity contribution in [1.29, 1.82) is 5.26 Å². The zero-order valence-corrected chi connectivity index (χ0v) is 31.3. The first-order chi connectivity index (χ1) is 24.2. The standard InChI is InChI=1S/C36H33IN6O6S2/c1-36(2)29-20-27(51(47,48)49)14-15-30(29)41(17-7-16-40-32(44)21-37)31(36)13-4-3-12-28-33(45)42(25-10-5-8-23(18-25)22-38)35(50)43(34(28)46)26-11-6-9-24(39)19-26/h3-6,8-15,18-20H,7,16-17,21,39H2,1-2H3,(H,40,44)(H,47,48,49)/b4-3+,28-12+,31-13+. The van der Waals surface area contributed by atoms with E-state index in [1.54, 1.807) is 66.8 Å². The van der Waals surface area contributed by atoms with Gasteiger partial charge in [0.15, 0.2) is 5.11 Å². The molecule has 0 radical (unpaired) electrons. The summed E-state index contributed by atoms with van der Waals surface area (Å²) in [4.78, 5) is 43.8. The third-order valence-electron chi connectivity index (χ3n) is 8.40. The summed E-state index contributed by atoms with van der Waals surface area (Å²) in [7, 11) is -4.46. The summed E-state index contributed by atoms with van der Waals surface area (Å²) in [5.74, 6) is -1.43. The predicted octanol–water partition coefficient (Wildman–Crippen LogP) is 5.16. The van der Waals surface area contributed by atoms with Crippen LogP contribution in [0, 0.1) is 11.3 Å². The number of anilines is 4. The molecule has 4 N–H and O–H groups in total. The number of fused-ring (bicyclic) bond motifs is 1. The minimum atomic E-state index is -4.46. The lowest BCUT2D eigenvalue weighted by Gasteiger charge is -2.36. The summed E-state index contributed by atoms with van der Waals surface area (Å²) in [6.45, 7) is 4.74. The highest BCUT2D eigenvalue weighted by Crippen LogP contribution is 2.48. The van der Waals surface area contributed by atoms with E-state index in [1.807, 2.05) is 41.3 Å². The van der Waals surface area contributed by atoms with E-state index in [-0.39, 0.29) is 21.5 Å². The van der Waals surface area contributed by atoms with Gasteiger partial charge in [-0.05, 0) is 91.0 Å². The molecule has 0 aliphatic carbocycles. The minimum absolute atomic E-state index is 0.0829. The number of amides is 3. The van der Waals surface area contributed by atoms with Gasteiger partial charge in [-0.3, -0.25) is 28.7 Å². The Bertz CT molecular complexity index is 2190. The number of carbonyl (C=O) groups is 3. The lowest BCUT2D eigenvalue weighted by Crippen LogP contribution is -2.57. The number of thiocarbonyl (C=S) groups is 1. The average molecular weight is 837 g/mol. The van der Waals surface area contributed by atoms with E-state index in [9.17, 15) is 32.6 Å². The third kappa shape index (κ3) is 7.73. The van der Waals surface area contributed by atoms with Gasteiger partial charge in [0.1, 0.15) is 5.57 Å². The Hall–Kier alpha value is -4.89. The normalized spacial score (nSPS) is 17.4. The van der Waals surface area contributed by atoms with E-state index in [2.05, 4.69) is 11.4 Å².